The van der Waals surface area contributed by atoms with Gasteiger partial charge in [0.25, 0.3) is 5.91 Å². The number of rotatable bonds is 3. The molecule has 4 nitrogen and oxygen atoms in total. The summed E-state index contributed by atoms with van der Waals surface area (Å²) in [5, 5.41) is 0. The number of nitrogens with zero attached hydrogens (tertiary/aromatic N) is 1. The van der Waals surface area contributed by atoms with Gasteiger partial charge in [0.2, 0.25) is 0 Å². The van der Waals surface area contributed by atoms with Crippen molar-refractivity contribution in [3.05, 3.63) is 53.1 Å². The average Bonchev–Trinajstić information content (AvgIpc) is 2.52. The molecule has 2 aromatic carbocycles. The molecule has 0 spiro atoms. The van der Waals surface area contributed by atoms with Gasteiger partial charge in [0.1, 0.15) is 5.75 Å². The van der Waals surface area contributed by atoms with Crippen molar-refractivity contribution in [3.8, 4) is 5.75 Å². The minimum Gasteiger partial charge on any atom is -0.478 e. The molecule has 2 aromatic rings. The Kier molecular flexibility index (Phi) is 3.99. The van der Waals surface area contributed by atoms with E-state index < -0.39 is 6.10 Å². The molecule has 1 heterocycles. The van der Waals surface area contributed by atoms with Crippen LogP contribution < -0.4 is 15.4 Å². The number of aryl methyl sites for hydroxylation is 2. The normalized spacial score (nSPS) is 16.9. The fraction of sp³-hybridized carbons (Fsp3) is 0.316. The highest BCUT2D eigenvalue weighted by Gasteiger charge is 2.33. The van der Waals surface area contributed by atoms with Crippen LogP contribution in [0.25, 0.3) is 0 Å². The third-order valence-corrected chi connectivity index (χ3v) is 4.39. The van der Waals surface area contributed by atoms with Gasteiger partial charge in [-0.3, -0.25) is 4.79 Å². The summed E-state index contributed by atoms with van der Waals surface area (Å²) in [5.74, 6) is 0.684. The molecule has 0 saturated carbocycles. The van der Waals surface area contributed by atoms with Crippen LogP contribution in [0.2, 0.25) is 0 Å². The van der Waals surface area contributed by atoms with Crippen LogP contribution in [0, 0.1) is 13.8 Å². The molecular formula is C19H22N2O2. The van der Waals surface area contributed by atoms with Gasteiger partial charge in [-0.2, -0.15) is 0 Å². The third-order valence-electron chi connectivity index (χ3n) is 4.39. The molecule has 23 heavy (non-hydrogen) atoms. The number of carbonyl (C=O) groups excluding carboxylic acids is 1. The summed E-state index contributed by atoms with van der Waals surface area (Å²) in [5.41, 5.74) is 10.9. The summed E-state index contributed by atoms with van der Waals surface area (Å²) < 4.78 is 5.96. The molecule has 3 rings (SSSR count). The zero-order chi connectivity index (χ0) is 16.6. The molecule has 0 bridgehead atoms. The van der Waals surface area contributed by atoms with Gasteiger partial charge in [0.05, 0.1) is 5.69 Å². The van der Waals surface area contributed by atoms with Gasteiger partial charge < -0.3 is 15.4 Å². The first-order valence-electron chi connectivity index (χ1n) is 7.93. The predicted molar refractivity (Wildman–Crippen MR) is 92.9 cm³/mol. The molecule has 0 saturated heterocycles. The van der Waals surface area contributed by atoms with Crippen molar-refractivity contribution < 1.29 is 9.53 Å². The maximum Gasteiger partial charge on any atom is 0.268 e. The molecule has 2 N–H and O–H groups in total. The number of nitrogens with two attached hydrogens (primary N) is 1. The number of carbonyl (C=O) groups is 1. The monoisotopic (exact) mass is 310 g/mol. The summed E-state index contributed by atoms with van der Waals surface area (Å²) in [7, 11) is 0. The topological polar surface area (TPSA) is 55.6 Å². The predicted octanol–water partition coefficient (Wildman–Crippen LogP) is 3.24. The maximum absolute atomic E-state index is 12.7. The zero-order valence-corrected chi connectivity index (χ0v) is 13.8. The smallest absolute Gasteiger partial charge is 0.268 e. The van der Waals surface area contributed by atoms with Gasteiger partial charge in [-0.1, -0.05) is 18.2 Å². The van der Waals surface area contributed by atoms with E-state index in [0.29, 0.717) is 24.4 Å². The Hall–Kier alpha value is -2.49. The van der Waals surface area contributed by atoms with E-state index >= 15 is 0 Å². The Morgan fingerprint density at radius 2 is 1.91 bits per heavy atom. The van der Waals surface area contributed by atoms with E-state index in [1.165, 1.54) is 11.1 Å². The van der Waals surface area contributed by atoms with Crippen LogP contribution in [0.5, 0.6) is 5.75 Å². The standard InChI is InChI=1S/C19H22N2O2/c1-4-21-16-8-7-15(20)11-17(16)23-18(19(21)22)10-14-6-5-12(2)13(3)9-14/h5-9,11,18H,4,10,20H2,1-3H3. The summed E-state index contributed by atoms with van der Waals surface area (Å²) in [6, 6.07) is 11.7. The number of nitrogen functional groups attached to an aromatic ring is 1. The molecule has 0 fully saturated rings. The van der Waals surface area contributed by atoms with Gasteiger partial charge in [-0.15, -0.1) is 0 Å². The van der Waals surface area contributed by atoms with E-state index in [2.05, 4.69) is 32.0 Å². The van der Waals surface area contributed by atoms with E-state index in [1.807, 2.05) is 13.0 Å². The maximum atomic E-state index is 12.7. The molecule has 1 atom stereocenters. The van der Waals surface area contributed by atoms with Crippen LogP contribution in [0.4, 0.5) is 11.4 Å². The minimum atomic E-state index is -0.508. The number of benzene rings is 2. The Bertz CT molecular complexity index is 755. The average molecular weight is 310 g/mol. The van der Waals surface area contributed by atoms with E-state index in [0.717, 1.165) is 11.3 Å². The van der Waals surface area contributed by atoms with E-state index in [-0.39, 0.29) is 5.91 Å². The van der Waals surface area contributed by atoms with Gasteiger partial charge in [0, 0.05) is 24.7 Å². The Balaban J connectivity index is 1.91. The van der Waals surface area contributed by atoms with E-state index in [1.54, 1.807) is 17.0 Å². The lowest BCUT2D eigenvalue weighted by Crippen LogP contribution is -2.46. The van der Waals surface area contributed by atoms with Crippen LogP contribution in [0.15, 0.2) is 36.4 Å². The van der Waals surface area contributed by atoms with E-state index in [4.69, 9.17) is 10.5 Å². The lowest BCUT2D eigenvalue weighted by Gasteiger charge is -2.34. The SMILES string of the molecule is CCN1C(=O)C(Cc2ccc(C)c(C)c2)Oc2cc(N)ccc21. The highest BCUT2D eigenvalue weighted by atomic mass is 16.5. The summed E-state index contributed by atoms with van der Waals surface area (Å²) in [6.07, 6.45) is 0.0522. The number of amides is 1. The first-order chi connectivity index (χ1) is 11.0. The number of hydrogen-bond acceptors (Lipinski definition) is 3. The minimum absolute atomic E-state index is 0.00278. The molecule has 1 aliphatic heterocycles. The third kappa shape index (κ3) is 2.89. The Morgan fingerprint density at radius 1 is 1.13 bits per heavy atom. The van der Waals surface area contributed by atoms with Crippen molar-refractivity contribution in [1.82, 2.24) is 0 Å². The van der Waals surface area contributed by atoms with Crippen LogP contribution in [-0.2, 0) is 11.2 Å². The molecule has 1 amide bonds. The largest absolute Gasteiger partial charge is 0.478 e. The summed E-state index contributed by atoms with van der Waals surface area (Å²) >= 11 is 0. The number of anilines is 2. The Labute approximate surface area is 136 Å². The summed E-state index contributed by atoms with van der Waals surface area (Å²) in [4.78, 5) is 14.5. The molecule has 0 aliphatic carbocycles. The summed E-state index contributed by atoms with van der Waals surface area (Å²) in [6.45, 7) is 6.74. The highest BCUT2D eigenvalue weighted by molar-refractivity contribution is 6.00. The van der Waals surface area contributed by atoms with Crippen LogP contribution in [0.3, 0.4) is 0 Å². The number of hydrogen-bond donors (Lipinski definition) is 1. The zero-order valence-electron chi connectivity index (χ0n) is 13.8. The molecule has 4 heteroatoms. The lowest BCUT2D eigenvalue weighted by atomic mass is 10.0. The second kappa shape index (κ2) is 5.95. The highest BCUT2D eigenvalue weighted by Crippen LogP contribution is 2.36. The number of ether oxygens (including phenoxy) is 1. The molecular weight excluding hydrogens is 288 g/mol. The van der Waals surface area contributed by atoms with Crippen molar-refractivity contribution in [3.63, 3.8) is 0 Å². The van der Waals surface area contributed by atoms with Gasteiger partial charge in [0.15, 0.2) is 6.10 Å². The van der Waals surface area contributed by atoms with Crippen molar-refractivity contribution in [2.24, 2.45) is 0 Å². The van der Waals surface area contributed by atoms with Crippen LogP contribution in [-0.4, -0.2) is 18.6 Å². The second-order valence-electron chi connectivity index (χ2n) is 6.04. The first kappa shape index (κ1) is 15.4. The fourth-order valence-electron chi connectivity index (χ4n) is 2.94. The van der Waals surface area contributed by atoms with Crippen LogP contribution >= 0.6 is 0 Å². The Morgan fingerprint density at radius 3 is 2.61 bits per heavy atom. The van der Waals surface area contributed by atoms with Gasteiger partial charge >= 0.3 is 0 Å². The quantitative estimate of drug-likeness (QED) is 0.885. The second-order valence-corrected chi connectivity index (χ2v) is 6.04. The first-order valence-corrected chi connectivity index (χ1v) is 7.93. The van der Waals surface area contributed by atoms with Crippen molar-refractivity contribution in [1.29, 1.82) is 0 Å². The molecule has 1 aliphatic rings. The molecule has 120 valence electrons. The van der Waals surface area contributed by atoms with E-state index in [9.17, 15) is 4.79 Å². The number of likely N-dealkylation sites (N-methyl/N-ethyl adjacent to an activating group) is 1. The lowest BCUT2D eigenvalue weighted by molar-refractivity contribution is -0.126. The van der Waals surface area contributed by atoms with Gasteiger partial charge in [-0.05, 0) is 49.6 Å². The molecule has 0 aromatic heterocycles. The number of fused-ring (bicyclic) bond motifs is 1. The van der Waals surface area contributed by atoms with Crippen LogP contribution in [0.1, 0.15) is 23.6 Å². The molecule has 0 radical (unpaired) electrons. The fourth-order valence-corrected chi connectivity index (χ4v) is 2.94. The van der Waals surface area contributed by atoms with Crippen molar-refractivity contribution in [2.75, 3.05) is 17.2 Å². The van der Waals surface area contributed by atoms with Gasteiger partial charge in [-0.25, -0.2) is 0 Å². The van der Waals surface area contributed by atoms with Crippen molar-refractivity contribution >= 4 is 17.3 Å². The molecule has 1 unspecified atom stereocenters. The van der Waals surface area contributed by atoms with Crippen molar-refractivity contribution in [2.45, 2.75) is 33.3 Å².